The largest absolute Gasteiger partial charge is 0.389 e. The van der Waals surface area contributed by atoms with Crippen molar-refractivity contribution in [2.24, 2.45) is 5.73 Å². The lowest BCUT2D eigenvalue weighted by Crippen LogP contribution is -2.37. The summed E-state index contributed by atoms with van der Waals surface area (Å²) in [6.07, 6.45) is 2.24. The molecule has 4 nitrogen and oxygen atoms in total. The van der Waals surface area contributed by atoms with Gasteiger partial charge in [-0.1, -0.05) is 6.92 Å². The lowest BCUT2D eigenvalue weighted by molar-refractivity contribution is 0.0149. The molecule has 0 rings (SSSR count). The Morgan fingerprint density at radius 1 is 1.13 bits per heavy atom. The number of rotatable bonds is 10. The van der Waals surface area contributed by atoms with Crippen molar-refractivity contribution in [3.63, 3.8) is 0 Å². The third-order valence-corrected chi connectivity index (χ3v) is 2.55. The molecule has 0 amide bonds. The van der Waals surface area contributed by atoms with Gasteiger partial charge in [-0.2, -0.15) is 0 Å². The van der Waals surface area contributed by atoms with Crippen molar-refractivity contribution >= 4 is 0 Å². The van der Waals surface area contributed by atoms with Crippen LogP contribution in [-0.4, -0.2) is 43.7 Å². The van der Waals surface area contributed by atoms with Crippen LogP contribution >= 0.6 is 0 Å². The van der Waals surface area contributed by atoms with E-state index in [2.05, 4.69) is 0 Å². The van der Waals surface area contributed by atoms with E-state index < -0.39 is 5.60 Å². The van der Waals surface area contributed by atoms with Crippen molar-refractivity contribution < 1.29 is 14.6 Å². The van der Waals surface area contributed by atoms with Gasteiger partial charge >= 0.3 is 0 Å². The zero-order valence-electron chi connectivity index (χ0n) is 10.00. The zero-order chi connectivity index (χ0) is 11.6. The molecule has 15 heavy (non-hydrogen) atoms. The smallest absolute Gasteiger partial charge is 0.0767 e. The van der Waals surface area contributed by atoms with Crippen LogP contribution in [0.2, 0.25) is 0 Å². The zero-order valence-corrected chi connectivity index (χ0v) is 10.00. The van der Waals surface area contributed by atoms with Gasteiger partial charge in [0.1, 0.15) is 0 Å². The van der Waals surface area contributed by atoms with Crippen LogP contribution in [0.15, 0.2) is 0 Å². The normalized spacial score (nSPS) is 15.2. The predicted octanol–water partition coefficient (Wildman–Crippen LogP) is 0.919. The van der Waals surface area contributed by atoms with Crippen molar-refractivity contribution in [2.75, 3.05) is 33.0 Å². The summed E-state index contributed by atoms with van der Waals surface area (Å²) in [4.78, 5) is 0. The molecule has 0 bridgehead atoms. The van der Waals surface area contributed by atoms with Crippen molar-refractivity contribution in [1.82, 2.24) is 0 Å². The van der Waals surface area contributed by atoms with Crippen LogP contribution in [0.4, 0.5) is 0 Å². The molecule has 1 atom stereocenters. The highest BCUT2D eigenvalue weighted by atomic mass is 16.5. The third kappa shape index (κ3) is 7.73. The van der Waals surface area contributed by atoms with E-state index in [4.69, 9.17) is 15.2 Å². The summed E-state index contributed by atoms with van der Waals surface area (Å²) >= 11 is 0. The van der Waals surface area contributed by atoms with Crippen LogP contribution in [0.3, 0.4) is 0 Å². The summed E-state index contributed by atoms with van der Waals surface area (Å²) in [6.45, 7) is 6.89. The standard InChI is InChI=1S/C11H25NO3/c1-3-11(13,10-12)6-5-7-15-9-8-14-4-2/h13H,3-10,12H2,1-2H3. The van der Waals surface area contributed by atoms with Gasteiger partial charge in [0.2, 0.25) is 0 Å². The van der Waals surface area contributed by atoms with Crippen molar-refractivity contribution in [1.29, 1.82) is 0 Å². The summed E-state index contributed by atoms with van der Waals surface area (Å²) < 4.78 is 10.5. The molecule has 0 aromatic heterocycles. The van der Waals surface area contributed by atoms with Gasteiger partial charge in [-0.15, -0.1) is 0 Å². The van der Waals surface area contributed by atoms with Gasteiger partial charge in [0.05, 0.1) is 18.8 Å². The maximum absolute atomic E-state index is 9.86. The number of ether oxygens (including phenoxy) is 2. The Hall–Kier alpha value is -0.160. The van der Waals surface area contributed by atoms with Gasteiger partial charge in [-0.05, 0) is 26.2 Å². The molecule has 0 aliphatic heterocycles. The first kappa shape index (κ1) is 14.8. The Kier molecular flexibility index (Phi) is 9.00. The van der Waals surface area contributed by atoms with Crippen LogP contribution in [0.5, 0.6) is 0 Å². The molecule has 0 aliphatic rings. The van der Waals surface area contributed by atoms with Gasteiger partial charge in [-0.25, -0.2) is 0 Å². The number of nitrogens with two attached hydrogens (primary N) is 1. The molecule has 92 valence electrons. The highest BCUT2D eigenvalue weighted by Crippen LogP contribution is 2.15. The van der Waals surface area contributed by atoms with Gasteiger partial charge in [-0.3, -0.25) is 0 Å². The van der Waals surface area contributed by atoms with Gasteiger partial charge in [0.15, 0.2) is 0 Å². The van der Waals surface area contributed by atoms with E-state index in [-0.39, 0.29) is 0 Å². The molecule has 0 aliphatic carbocycles. The van der Waals surface area contributed by atoms with Gasteiger partial charge in [0, 0.05) is 19.8 Å². The molecule has 0 heterocycles. The number of hydrogen-bond acceptors (Lipinski definition) is 4. The molecule has 0 radical (unpaired) electrons. The molecular formula is C11H25NO3. The third-order valence-electron chi connectivity index (χ3n) is 2.55. The second-order valence-electron chi connectivity index (χ2n) is 3.69. The lowest BCUT2D eigenvalue weighted by Gasteiger charge is -2.24. The van der Waals surface area contributed by atoms with Crippen molar-refractivity contribution in [3.05, 3.63) is 0 Å². The average molecular weight is 219 g/mol. The highest BCUT2D eigenvalue weighted by molar-refractivity contribution is 4.77. The quantitative estimate of drug-likeness (QED) is 0.536. The van der Waals surface area contributed by atoms with E-state index in [9.17, 15) is 5.11 Å². The van der Waals surface area contributed by atoms with Crippen LogP contribution in [0.1, 0.15) is 33.1 Å². The Balaban J connectivity index is 3.29. The molecule has 0 saturated carbocycles. The second-order valence-corrected chi connectivity index (χ2v) is 3.69. The van der Waals surface area contributed by atoms with E-state index in [1.807, 2.05) is 13.8 Å². The van der Waals surface area contributed by atoms with E-state index in [1.54, 1.807) is 0 Å². The van der Waals surface area contributed by atoms with Crippen molar-refractivity contribution in [2.45, 2.75) is 38.7 Å². The van der Waals surface area contributed by atoms with Crippen LogP contribution in [0, 0.1) is 0 Å². The lowest BCUT2D eigenvalue weighted by atomic mass is 9.95. The maximum atomic E-state index is 9.86. The summed E-state index contributed by atoms with van der Waals surface area (Å²) in [5, 5.41) is 9.86. The maximum Gasteiger partial charge on any atom is 0.0767 e. The predicted molar refractivity (Wildman–Crippen MR) is 60.8 cm³/mol. The minimum atomic E-state index is -0.705. The Morgan fingerprint density at radius 2 is 1.80 bits per heavy atom. The monoisotopic (exact) mass is 219 g/mol. The van der Waals surface area contributed by atoms with Crippen LogP contribution < -0.4 is 5.73 Å². The van der Waals surface area contributed by atoms with E-state index in [1.165, 1.54) is 0 Å². The highest BCUT2D eigenvalue weighted by Gasteiger charge is 2.21. The van der Waals surface area contributed by atoms with Crippen LogP contribution in [-0.2, 0) is 9.47 Å². The summed E-state index contributed by atoms with van der Waals surface area (Å²) in [6, 6.07) is 0. The molecule has 4 heteroatoms. The minimum Gasteiger partial charge on any atom is -0.389 e. The Bertz CT molecular complexity index is 138. The first-order valence-electron chi connectivity index (χ1n) is 5.76. The SMILES string of the molecule is CCOCCOCCCC(O)(CC)CN. The summed E-state index contributed by atoms with van der Waals surface area (Å²) in [5.74, 6) is 0. The minimum absolute atomic E-state index is 0.322. The Labute approximate surface area is 92.7 Å². The molecule has 0 saturated heterocycles. The van der Waals surface area contributed by atoms with E-state index in [0.717, 1.165) is 13.0 Å². The summed E-state index contributed by atoms with van der Waals surface area (Å²) in [5.41, 5.74) is 4.78. The fourth-order valence-electron chi connectivity index (χ4n) is 1.29. The molecule has 0 aromatic rings. The first-order valence-corrected chi connectivity index (χ1v) is 5.76. The molecule has 0 aromatic carbocycles. The summed E-state index contributed by atoms with van der Waals surface area (Å²) in [7, 11) is 0. The Morgan fingerprint density at radius 3 is 2.33 bits per heavy atom. The molecule has 1 unspecified atom stereocenters. The van der Waals surface area contributed by atoms with Gasteiger partial charge in [0.25, 0.3) is 0 Å². The topological polar surface area (TPSA) is 64.7 Å². The van der Waals surface area contributed by atoms with Crippen molar-refractivity contribution in [3.8, 4) is 0 Å². The average Bonchev–Trinajstić information content (AvgIpc) is 2.27. The van der Waals surface area contributed by atoms with E-state index in [0.29, 0.717) is 39.2 Å². The number of aliphatic hydroxyl groups is 1. The fourth-order valence-corrected chi connectivity index (χ4v) is 1.29. The molecule has 0 spiro atoms. The van der Waals surface area contributed by atoms with E-state index >= 15 is 0 Å². The molecular weight excluding hydrogens is 194 g/mol. The first-order chi connectivity index (χ1) is 7.18. The molecule has 0 fully saturated rings. The molecule has 3 N–H and O–H groups in total. The number of hydrogen-bond donors (Lipinski definition) is 2. The van der Waals surface area contributed by atoms with Crippen LogP contribution in [0.25, 0.3) is 0 Å². The second kappa shape index (κ2) is 9.09. The fraction of sp³-hybridized carbons (Fsp3) is 1.00. The van der Waals surface area contributed by atoms with Gasteiger partial charge < -0.3 is 20.3 Å².